The second kappa shape index (κ2) is 3.49. The van der Waals surface area contributed by atoms with Gasteiger partial charge in [-0.25, -0.2) is 0 Å². The molecule has 74 valence electrons. The molecule has 2 heterocycles. The van der Waals surface area contributed by atoms with E-state index in [4.69, 9.17) is 4.42 Å². The van der Waals surface area contributed by atoms with Crippen molar-refractivity contribution in [1.82, 2.24) is 20.4 Å². The normalized spacial score (nSPS) is 10.4. The van der Waals surface area contributed by atoms with Crippen molar-refractivity contribution in [2.24, 2.45) is 0 Å². The standard InChI is InChI=1S/C8H11N5O/c1-5-3-7(12-10-5)4-9-8-13-11-6(2)14-8/h3H,4H2,1-2H3,(H,9,13)(H,10,12). The maximum atomic E-state index is 5.14. The zero-order valence-electron chi connectivity index (χ0n) is 8.03. The van der Waals surface area contributed by atoms with Crippen molar-refractivity contribution in [1.29, 1.82) is 0 Å². The van der Waals surface area contributed by atoms with Gasteiger partial charge in [-0.15, -0.1) is 5.10 Å². The van der Waals surface area contributed by atoms with Gasteiger partial charge in [0.1, 0.15) is 0 Å². The first kappa shape index (κ1) is 8.74. The van der Waals surface area contributed by atoms with E-state index < -0.39 is 0 Å². The lowest BCUT2D eigenvalue weighted by atomic mass is 10.4. The highest BCUT2D eigenvalue weighted by Gasteiger charge is 2.02. The number of hydrogen-bond acceptors (Lipinski definition) is 5. The van der Waals surface area contributed by atoms with E-state index in [0.29, 0.717) is 18.5 Å². The topological polar surface area (TPSA) is 79.6 Å². The quantitative estimate of drug-likeness (QED) is 0.760. The van der Waals surface area contributed by atoms with E-state index in [1.807, 2.05) is 13.0 Å². The molecule has 0 unspecified atom stereocenters. The molecule has 2 aromatic rings. The van der Waals surface area contributed by atoms with Gasteiger partial charge >= 0.3 is 6.01 Å². The Labute approximate surface area is 80.7 Å². The van der Waals surface area contributed by atoms with Crippen LogP contribution in [0.4, 0.5) is 6.01 Å². The molecular formula is C8H11N5O. The summed E-state index contributed by atoms with van der Waals surface area (Å²) in [5.74, 6) is 0.547. The first-order valence-corrected chi connectivity index (χ1v) is 4.29. The predicted octanol–water partition coefficient (Wildman–Crippen LogP) is 1.02. The molecule has 2 aromatic heterocycles. The second-order valence-corrected chi connectivity index (χ2v) is 3.02. The van der Waals surface area contributed by atoms with Crippen LogP contribution in [0.3, 0.4) is 0 Å². The van der Waals surface area contributed by atoms with Gasteiger partial charge in [-0.2, -0.15) is 5.10 Å². The molecular weight excluding hydrogens is 182 g/mol. The molecule has 0 saturated heterocycles. The highest BCUT2D eigenvalue weighted by molar-refractivity contribution is 5.20. The third-order valence-electron chi connectivity index (χ3n) is 1.71. The molecule has 2 rings (SSSR count). The number of aryl methyl sites for hydroxylation is 2. The monoisotopic (exact) mass is 193 g/mol. The molecule has 0 aliphatic heterocycles. The number of H-pyrrole nitrogens is 1. The Morgan fingerprint density at radius 1 is 1.43 bits per heavy atom. The molecule has 6 nitrogen and oxygen atoms in total. The van der Waals surface area contributed by atoms with Gasteiger partial charge in [-0.1, -0.05) is 5.10 Å². The molecule has 0 saturated carbocycles. The van der Waals surface area contributed by atoms with Gasteiger partial charge in [0.05, 0.1) is 12.2 Å². The SMILES string of the molecule is Cc1cc(CNc2nnc(C)o2)n[nH]1. The van der Waals surface area contributed by atoms with E-state index in [2.05, 4.69) is 25.7 Å². The van der Waals surface area contributed by atoms with Crippen LogP contribution in [0.1, 0.15) is 17.3 Å². The minimum atomic E-state index is 0.420. The summed E-state index contributed by atoms with van der Waals surface area (Å²) in [6, 6.07) is 2.37. The maximum Gasteiger partial charge on any atom is 0.315 e. The molecule has 0 radical (unpaired) electrons. The van der Waals surface area contributed by atoms with Crippen LogP contribution in [0.2, 0.25) is 0 Å². The molecule has 0 bridgehead atoms. The molecule has 0 amide bonds. The number of nitrogens with zero attached hydrogens (tertiary/aromatic N) is 3. The Bertz CT molecular complexity index is 379. The third kappa shape index (κ3) is 1.90. The Balaban J connectivity index is 1.94. The fourth-order valence-electron chi connectivity index (χ4n) is 1.10. The van der Waals surface area contributed by atoms with E-state index in [-0.39, 0.29) is 0 Å². The lowest BCUT2D eigenvalue weighted by molar-refractivity contribution is 0.530. The first-order chi connectivity index (χ1) is 6.74. The summed E-state index contributed by atoms with van der Waals surface area (Å²) in [6.07, 6.45) is 0. The van der Waals surface area contributed by atoms with Crippen LogP contribution < -0.4 is 5.32 Å². The molecule has 6 heteroatoms. The lowest BCUT2D eigenvalue weighted by Crippen LogP contribution is -1.99. The van der Waals surface area contributed by atoms with Crippen molar-refractivity contribution in [2.45, 2.75) is 20.4 Å². The lowest BCUT2D eigenvalue weighted by Gasteiger charge is -1.95. The number of rotatable bonds is 3. The summed E-state index contributed by atoms with van der Waals surface area (Å²) in [7, 11) is 0. The summed E-state index contributed by atoms with van der Waals surface area (Å²) in [5, 5.41) is 17.4. The molecule has 0 fully saturated rings. The van der Waals surface area contributed by atoms with Crippen LogP contribution in [0.15, 0.2) is 10.5 Å². The summed E-state index contributed by atoms with van der Waals surface area (Å²) >= 11 is 0. The van der Waals surface area contributed by atoms with Crippen molar-refractivity contribution < 1.29 is 4.42 Å². The number of hydrogen-bond donors (Lipinski definition) is 2. The van der Waals surface area contributed by atoms with E-state index >= 15 is 0 Å². The van der Waals surface area contributed by atoms with Crippen LogP contribution in [-0.2, 0) is 6.54 Å². The van der Waals surface area contributed by atoms with Crippen LogP contribution in [0.25, 0.3) is 0 Å². The molecule has 0 aromatic carbocycles. The number of nitrogens with one attached hydrogen (secondary N) is 2. The highest BCUT2D eigenvalue weighted by atomic mass is 16.4. The molecule has 0 spiro atoms. The van der Waals surface area contributed by atoms with Crippen molar-refractivity contribution >= 4 is 6.01 Å². The summed E-state index contributed by atoms with van der Waals surface area (Å²) < 4.78 is 5.14. The maximum absolute atomic E-state index is 5.14. The van der Waals surface area contributed by atoms with Crippen molar-refractivity contribution in [3.8, 4) is 0 Å². The second-order valence-electron chi connectivity index (χ2n) is 3.02. The minimum Gasteiger partial charge on any atom is -0.408 e. The first-order valence-electron chi connectivity index (χ1n) is 4.29. The van der Waals surface area contributed by atoms with Gasteiger partial charge in [-0.05, 0) is 13.0 Å². The number of anilines is 1. The highest BCUT2D eigenvalue weighted by Crippen LogP contribution is 2.06. The third-order valence-corrected chi connectivity index (χ3v) is 1.71. The van der Waals surface area contributed by atoms with Gasteiger partial charge < -0.3 is 9.73 Å². The smallest absolute Gasteiger partial charge is 0.315 e. The van der Waals surface area contributed by atoms with Crippen molar-refractivity contribution in [3.63, 3.8) is 0 Å². The van der Waals surface area contributed by atoms with Crippen LogP contribution in [-0.4, -0.2) is 20.4 Å². The summed E-state index contributed by atoms with van der Waals surface area (Å²) in [4.78, 5) is 0. The molecule has 0 aliphatic carbocycles. The van der Waals surface area contributed by atoms with E-state index in [1.165, 1.54) is 0 Å². The predicted molar refractivity (Wildman–Crippen MR) is 49.7 cm³/mol. The zero-order valence-corrected chi connectivity index (χ0v) is 8.03. The zero-order chi connectivity index (χ0) is 9.97. The Morgan fingerprint density at radius 2 is 2.29 bits per heavy atom. The fraction of sp³-hybridized carbons (Fsp3) is 0.375. The summed E-state index contributed by atoms with van der Waals surface area (Å²) in [6.45, 7) is 4.27. The Kier molecular flexibility index (Phi) is 2.18. The molecule has 0 aliphatic rings. The van der Waals surface area contributed by atoms with Crippen LogP contribution in [0.5, 0.6) is 0 Å². The largest absolute Gasteiger partial charge is 0.408 e. The Morgan fingerprint density at radius 3 is 2.86 bits per heavy atom. The molecule has 0 atom stereocenters. The van der Waals surface area contributed by atoms with Gasteiger partial charge in [0.15, 0.2) is 0 Å². The minimum absolute atomic E-state index is 0.420. The fourth-order valence-corrected chi connectivity index (χ4v) is 1.10. The van der Waals surface area contributed by atoms with Crippen LogP contribution >= 0.6 is 0 Å². The van der Waals surface area contributed by atoms with E-state index in [9.17, 15) is 0 Å². The van der Waals surface area contributed by atoms with Gasteiger partial charge in [-0.3, -0.25) is 5.10 Å². The number of aromatic amines is 1. The van der Waals surface area contributed by atoms with Crippen molar-refractivity contribution in [3.05, 3.63) is 23.3 Å². The van der Waals surface area contributed by atoms with E-state index in [0.717, 1.165) is 11.4 Å². The molecule has 2 N–H and O–H groups in total. The average Bonchev–Trinajstić information content (AvgIpc) is 2.72. The average molecular weight is 193 g/mol. The Hall–Kier alpha value is -1.85. The van der Waals surface area contributed by atoms with Crippen LogP contribution in [0, 0.1) is 13.8 Å². The van der Waals surface area contributed by atoms with Gasteiger partial charge in [0, 0.05) is 12.6 Å². The summed E-state index contributed by atoms with van der Waals surface area (Å²) in [5.41, 5.74) is 1.95. The van der Waals surface area contributed by atoms with Gasteiger partial charge in [0.2, 0.25) is 5.89 Å². The molecule has 14 heavy (non-hydrogen) atoms. The number of aromatic nitrogens is 4. The van der Waals surface area contributed by atoms with Gasteiger partial charge in [0.25, 0.3) is 0 Å². The van der Waals surface area contributed by atoms with Crippen molar-refractivity contribution in [2.75, 3.05) is 5.32 Å². The van der Waals surface area contributed by atoms with E-state index in [1.54, 1.807) is 6.92 Å².